The van der Waals surface area contributed by atoms with Gasteiger partial charge in [0.15, 0.2) is 0 Å². The minimum Gasteiger partial charge on any atom is -0.303 e. The van der Waals surface area contributed by atoms with Gasteiger partial charge in [-0.05, 0) is 60.4 Å². The van der Waals surface area contributed by atoms with Gasteiger partial charge in [0.1, 0.15) is 12.6 Å². The van der Waals surface area contributed by atoms with Gasteiger partial charge in [0.05, 0.1) is 11.6 Å². The Balaban J connectivity index is 2.01. The molecule has 2 aromatic rings. The van der Waals surface area contributed by atoms with Crippen molar-refractivity contribution < 1.29 is 9.59 Å². The van der Waals surface area contributed by atoms with Crippen LogP contribution in [0, 0.1) is 11.3 Å². The van der Waals surface area contributed by atoms with Crippen molar-refractivity contribution in [2.24, 2.45) is 0 Å². The molecule has 2 rings (SSSR count). The molecule has 0 spiro atoms. The Morgan fingerprint density at radius 3 is 1.93 bits per heavy atom. The van der Waals surface area contributed by atoms with Crippen LogP contribution in [0.1, 0.15) is 54.4 Å². The second-order valence-corrected chi connectivity index (χ2v) is 6.58. The van der Waals surface area contributed by atoms with Crippen LogP contribution in [0.3, 0.4) is 0 Å². The number of allylic oxidation sites excluding steroid dienone is 1. The minimum atomic E-state index is 0.582. The van der Waals surface area contributed by atoms with E-state index in [4.69, 9.17) is 0 Å². The molecule has 0 saturated carbocycles. The fourth-order valence-corrected chi connectivity index (χ4v) is 2.92. The average Bonchev–Trinajstić information content (AvgIpc) is 2.71. The van der Waals surface area contributed by atoms with Crippen molar-refractivity contribution in [3.63, 3.8) is 0 Å². The molecule has 0 bridgehead atoms. The van der Waals surface area contributed by atoms with Gasteiger partial charge < -0.3 is 9.59 Å². The summed E-state index contributed by atoms with van der Waals surface area (Å²) in [6.07, 6.45) is 9.65. The van der Waals surface area contributed by atoms with Crippen LogP contribution in [0.4, 0.5) is 0 Å². The molecule has 0 aromatic heterocycles. The van der Waals surface area contributed by atoms with E-state index in [2.05, 4.69) is 18.2 Å². The maximum atomic E-state index is 10.4. The van der Waals surface area contributed by atoms with Crippen molar-refractivity contribution in [3.8, 4) is 6.07 Å². The first kappa shape index (κ1) is 20.3. The number of carbonyl (C=O) groups is 2. The summed E-state index contributed by atoms with van der Waals surface area (Å²) in [5, 5.41) is 9.52. The van der Waals surface area contributed by atoms with Gasteiger partial charge in [0.25, 0.3) is 0 Å². The van der Waals surface area contributed by atoms with Gasteiger partial charge >= 0.3 is 0 Å². The number of nitriles is 1. The fourth-order valence-electron chi connectivity index (χ4n) is 2.92. The Morgan fingerprint density at radius 1 is 0.778 bits per heavy atom. The molecule has 0 aliphatic carbocycles. The van der Waals surface area contributed by atoms with Crippen molar-refractivity contribution in [2.45, 2.75) is 44.9 Å². The highest BCUT2D eigenvalue weighted by Crippen LogP contribution is 2.20. The molecule has 27 heavy (non-hydrogen) atoms. The highest BCUT2D eigenvalue weighted by molar-refractivity contribution is 5.89. The molecule has 138 valence electrons. The van der Waals surface area contributed by atoms with E-state index in [0.29, 0.717) is 18.4 Å². The second-order valence-electron chi connectivity index (χ2n) is 6.58. The maximum absolute atomic E-state index is 10.4. The molecule has 0 aliphatic heterocycles. The minimum absolute atomic E-state index is 0.582. The molecule has 3 heteroatoms. The van der Waals surface area contributed by atoms with Gasteiger partial charge in [0, 0.05) is 12.8 Å². The van der Waals surface area contributed by atoms with Crippen molar-refractivity contribution >= 4 is 24.2 Å². The number of aryl methyl sites for hydroxylation is 2. The summed E-state index contributed by atoms with van der Waals surface area (Å²) in [6.45, 7) is 0. The van der Waals surface area contributed by atoms with E-state index in [0.717, 1.165) is 55.8 Å². The molecule has 0 unspecified atom stereocenters. The third kappa shape index (κ3) is 7.03. The van der Waals surface area contributed by atoms with Crippen molar-refractivity contribution in [3.05, 3.63) is 70.8 Å². The van der Waals surface area contributed by atoms with E-state index in [1.165, 1.54) is 11.1 Å². The molecule has 2 aromatic carbocycles. The first-order chi connectivity index (χ1) is 13.3. The lowest BCUT2D eigenvalue weighted by Crippen LogP contribution is -1.89. The second kappa shape index (κ2) is 11.6. The summed E-state index contributed by atoms with van der Waals surface area (Å²) < 4.78 is 0. The summed E-state index contributed by atoms with van der Waals surface area (Å²) in [7, 11) is 0. The van der Waals surface area contributed by atoms with Gasteiger partial charge in [-0.25, -0.2) is 0 Å². The zero-order valence-electron chi connectivity index (χ0n) is 15.6. The van der Waals surface area contributed by atoms with Gasteiger partial charge in [0.2, 0.25) is 0 Å². The molecule has 3 nitrogen and oxygen atoms in total. The number of rotatable bonds is 11. The van der Waals surface area contributed by atoms with Crippen LogP contribution in [-0.4, -0.2) is 12.6 Å². The summed E-state index contributed by atoms with van der Waals surface area (Å²) in [6, 6.07) is 18.5. The number of carbonyl (C=O) groups excluding carboxylic acids is 2. The average molecular weight is 359 g/mol. The SMILES string of the molecule is N#C/C(=C\c1ccc(CCCCC=O)cc1)c1ccc(CCCC=O)cc1. The summed E-state index contributed by atoms with van der Waals surface area (Å²) in [5.74, 6) is 0. The van der Waals surface area contributed by atoms with Gasteiger partial charge in [-0.3, -0.25) is 0 Å². The molecule has 0 N–H and O–H groups in total. The molecule has 0 aliphatic rings. The van der Waals surface area contributed by atoms with Crippen LogP contribution in [-0.2, 0) is 22.4 Å². The quantitative estimate of drug-likeness (QED) is 0.240. The van der Waals surface area contributed by atoms with Crippen LogP contribution >= 0.6 is 0 Å². The van der Waals surface area contributed by atoms with Crippen molar-refractivity contribution in [1.29, 1.82) is 5.26 Å². The van der Waals surface area contributed by atoms with Crippen molar-refractivity contribution in [1.82, 2.24) is 0 Å². The van der Waals surface area contributed by atoms with Crippen molar-refractivity contribution in [2.75, 3.05) is 0 Å². The van der Waals surface area contributed by atoms with Crippen LogP contribution in [0.25, 0.3) is 11.6 Å². The largest absolute Gasteiger partial charge is 0.303 e. The lowest BCUT2D eigenvalue weighted by molar-refractivity contribution is -0.108. The molecule has 0 radical (unpaired) electrons. The predicted molar refractivity (Wildman–Crippen MR) is 109 cm³/mol. The molecule has 0 atom stereocenters. The third-order valence-electron chi connectivity index (χ3n) is 4.50. The molecule has 0 heterocycles. The van der Waals surface area contributed by atoms with E-state index in [-0.39, 0.29) is 0 Å². The van der Waals surface area contributed by atoms with Crippen LogP contribution < -0.4 is 0 Å². The Hall–Kier alpha value is -2.99. The van der Waals surface area contributed by atoms with E-state index in [1.54, 1.807) is 0 Å². The van der Waals surface area contributed by atoms with Gasteiger partial charge in [-0.2, -0.15) is 5.26 Å². The van der Waals surface area contributed by atoms with E-state index < -0.39 is 0 Å². The van der Waals surface area contributed by atoms with Crippen LogP contribution in [0.2, 0.25) is 0 Å². The zero-order valence-corrected chi connectivity index (χ0v) is 15.6. The highest BCUT2D eigenvalue weighted by atomic mass is 16.1. The van der Waals surface area contributed by atoms with Gasteiger partial charge in [-0.15, -0.1) is 0 Å². The Bertz CT molecular complexity index is 796. The highest BCUT2D eigenvalue weighted by Gasteiger charge is 2.02. The fraction of sp³-hybridized carbons (Fsp3) is 0.292. The number of benzene rings is 2. The Morgan fingerprint density at radius 2 is 1.33 bits per heavy atom. The number of unbranched alkanes of at least 4 members (excludes halogenated alkanes) is 3. The Labute approximate surface area is 161 Å². The Kier molecular flexibility index (Phi) is 8.73. The standard InChI is InChI=1S/C24H25NO2/c25-19-24(23-14-12-21(13-15-23)7-3-5-17-27)18-22-10-8-20(9-11-22)6-2-1-4-16-26/h8-18H,1-7H2/b24-18+. The van der Waals surface area contributed by atoms with E-state index in [9.17, 15) is 14.9 Å². The number of hydrogen-bond donors (Lipinski definition) is 0. The molecular formula is C24H25NO2. The molecular weight excluding hydrogens is 334 g/mol. The van der Waals surface area contributed by atoms with E-state index in [1.807, 2.05) is 42.5 Å². The monoisotopic (exact) mass is 359 g/mol. The molecule has 0 fully saturated rings. The van der Waals surface area contributed by atoms with E-state index >= 15 is 0 Å². The summed E-state index contributed by atoms with van der Waals surface area (Å²) in [5.41, 5.74) is 4.95. The zero-order chi connectivity index (χ0) is 19.3. The third-order valence-corrected chi connectivity index (χ3v) is 4.50. The lowest BCUT2D eigenvalue weighted by atomic mass is 9.99. The number of aldehydes is 2. The van der Waals surface area contributed by atoms with Crippen LogP contribution in [0.5, 0.6) is 0 Å². The predicted octanol–water partition coefficient (Wildman–Crippen LogP) is 5.18. The normalized spacial score (nSPS) is 11.0. The topological polar surface area (TPSA) is 57.9 Å². The lowest BCUT2D eigenvalue weighted by Gasteiger charge is -2.04. The molecule has 0 amide bonds. The summed E-state index contributed by atoms with van der Waals surface area (Å²) >= 11 is 0. The maximum Gasteiger partial charge on any atom is 0.120 e. The first-order valence-corrected chi connectivity index (χ1v) is 9.44. The smallest absolute Gasteiger partial charge is 0.120 e. The number of nitrogens with zero attached hydrogens (tertiary/aromatic N) is 1. The molecule has 0 saturated heterocycles. The summed E-state index contributed by atoms with van der Waals surface area (Å²) in [4.78, 5) is 20.7. The van der Waals surface area contributed by atoms with Crippen LogP contribution in [0.15, 0.2) is 48.5 Å². The van der Waals surface area contributed by atoms with Gasteiger partial charge in [-0.1, -0.05) is 48.5 Å². The number of hydrogen-bond acceptors (Lipinski definition) is 3. The first-order valence-electron chi connectivity index (χ1n) is 9.44.